The van der Waals surface area contributed by atoms with Gasteiger partial charge in [0, 0.05) is 29.5 Å². The summed E-state index contributed by atoms with van der Waals surface area (Å²) in [6, 6.07) is 14.7. The molecule has 0 aliphatic heterocycles. The number of nitrogens with zero attached hydrogens (tertiary/aromatic N) is 2. The van der Waals surface area contributed by atoms with Crippen LogP contribution < -0.4 is 10.1 Å². The molecule has 0 spiro atoms. The maximum Gasteiger partial charge on any atom is 0.251 e. The summed E-state index contributed by atoms with van der Waals surface area (Å²) in [5.41, 5.74) is 1.52. The van der Waals surface area contributed by atoms with Crippen molar-refractivity contribution in [3.63, 3.8) is 0 Å². The first-order chi connectivity index (χ1) is 13.8. The molecule has 0 saturated heterocycles. The number of rotatable bonds is 7. The van der Waals surface area contributed by atoms with Gasteiger partial charge in [-0.1, -0.05) is 44.5 Å². The summed E-state index contributed by atoms with van der Waals surface area (Å²) in [5, 5.41) is 3.84. The van der Waals surface area contributed by atoms with Gasteiger partial charge in [-0.25, -0.2) is 4.98 Å². The summed E-state index contributed by atoms with van der Waals surface area (Å²) in [5.74, 6) is 0.666. The van der Waals surface area contributed by atoms with Crippen molar-refractivity contribution in [3.8, 4) is 5.75 Å². The minimum absolute atomic E-state index is 0.0304. The molecule has 1 atom stereocenters. The van der Waals surface area contributed by atoms with Crippen LogP contribution in [0.15, 0.2) is 67.3 Å². The number of benzene rings is 2. The minimum Gasteiger partial charge on any atom is -0.489 e. The monoisotopic (exact) mass is 411 g/mol. The van der Waals surface area contributed by atoms with Crippen molar-refractivity contribution in [2.24, 2.45) is 5.41 Å². The lowest BCUT2D eigenvalue weighted by atomic mass is 9.86. The second kappa shape index (κ2) is 9.14. The molecule has 1 unspecified atom stereocenters. The highest BCUT2D eigenvalue weighted by Crippen LogP contribution is 2.22. The lowest BCUT2D eigenvalue weighted by molar-refractivity contribution is 0.0892. The summed E-state index contributed by atoms with van der Waals surface area (Å²) in [4.78, 5) is 16.9. The molecule has 1 aromatic heterocycles. The third-order valence-corrected chi connectivity index (χ3v) is 4.99. The fraction of sp³-hybridized carbons (Fsp3) is 0.304. The molecule has 3 rings (SSSR count). The summed E-state index contributed by atoms with van der Waals surface area (Å²) in [6.45, 7) is 7.45. The number of halogens is 1. The van der Waals surface area contributed by atoms with Gasteiger partial charge < -0.3 is 14.6 Å². The fourth-order valence-electron chi connectivity index (χ4n) is 2.83. The van der Waals surface area contributed by atoms with Gasteiger partial charge in [-0.05, 0) is 47.4 Å². The molecule has 0 aliphatic carbocycles. The Morgan fingerprint density at radius 2 is 1.83 bits per heavy atom. The molecule has 3 aromatic rings. The second-order valence-electron chi connectivity index (χ2n) is 8.09. The molecule has 0 fully saturated rings. The van der Waals surface area contributed by atoms with Crippen LogP contribution in [0.1, 0.15) is 36.7 Å². The molecule has 1 amide bonds. The Bertz CT molecular complexity index is 914. The first-order valence-electron chi connectivity index (χ1n) is 9.55. The van der Waals surface area contributed by atoms with E-state index in [0.29, 0.717) is 23.7 Å². The van der Waals surface area contributed by atoms with E-state index >= 15 is 0 Å². The summed E-state index contributed by atoms with van der Waals surface area (Å²) < 4.78 is 7.73. The number of aromatic nitrogens is 2. The summed E-state index contributed by atoms with van der Waals surface area (Å²) in [7, 11) is 0. The smallest absolute Gasteiger partial charge is 0.251 e. The fourth-order valence-corrected chi connectivity index (χ4v) is 2.96. The van der Waals surface area contributed by atoms with E-state index in [4.69, 9.17) is 16.3 Å². The Hall–Kier alpha value is -2.79. The summed E-state index contributed by atoms with van der Waals surface area (Å²) in [6.07, 6.45) is 5.41. The number of ether oxygens (including phenoxy) is 1. The molecule has 0 saturated carbocycles. The topological polar surface area (TPSA) is 56.2 Å². The van der Waals surface area contributed by atoms with Crippen molar-refractivity contribution in [3.05, 3.63) is 83.4 Å². The average Bonchev–Trinajstić information content (AvgIpc) is 3.20. The van der Waals surface area contributed by atoms with Crippen LogP contribution in [-0.2, 0) is 13.2 Å². The van der Waals surface area contributed by atoms with E-state index in [1.54, 1.807) is 24.7 Å². The second-order valence-corrected chi connectivity index (χ2v) is 8.53. The Balaban J connectivity index is 1.60. The lowest BCUT2D eigenvalue weighted by Gasteiger charge is -2.31. The van der Waals surface area contributed by atoms with Gasteiger partial charge in [0.2, 0.25) is 0 Å². The molecule has 1 N–H and O–H groups in total. The standard InChI is InChI=1S/C23H26ClN3O2/c1-23(2,3)21(14-27-13-12-25-16-27)26-22(28)18-6-4-17(5-7-18)15-29-20-10-8-19(24)9-11-20/h4-13,16,21H,14-15H2,1-3H3,(H,26,28). The van der Waals surface area contributed by atoms with Gasteiger partial charge in [0.15, 0.2) is 0 Å². The van der Waals surface area contributed by atoms with Gasteiger partial charge in [-0.15, -0.1) is 0 Å². The zero-order chi connectivity index (χ0) is 20.9. The van der Waals surface area contributed by atoms with Crippen molar-refractivity contribution in [2.75, 3.05) is 0 Å². The Kier molecular flexibility index (Phi) is 6.60. The molecule has 0 radical (unpaired) electrons. The number of carbonyl (C=O) groups is 1. The minimum atomic E-state index is -0.0910. The molecule has 0 bridgehead atoms. The predicted molar refractivity (Wildman–Crippen MR) is 115 cm³/mol. The molecule has 29 heavy (non-hydrogen) atoms. The quantitative estimate of drug-likeness (QED) is 0.597. The van der Waals surface area contributed by atoms with E-state index in [1.807, 2.05) is 47.2 Å². The Morgan fingerprint density at radius 1 is 1.14 bits per heavy atom. The number of hydrogen-bond donors (Lipinski definition) is 1. The van der Waals surface area contributed by atoms with Crippen LogP contribution in [-0.4, -0.2) is 21.5 Å². The first kappa shape index (κ1) is 20.9. The van der Waals surface area contributed by atoms with Crippen molar-refractivity contribution < 1.29 is 9.53 Å². The van der Waals surface area contributed by atoms with E-state index in [9.17, 15) is 4.79 Å². The van der Waals surface area contributed by atoms with Gasteiger partial charge in [-0.3, -0.25) is 4.79 Å². The molecule has 0 aliphatic rings. The molecule has 2 aromatic carbocycles. The number of nitrogens with one attached hydrogen (secondary N) is 1. The molecule has 152 valence electrons. The summed E-state index contributed by atoms with van der Waals surface area (Å²) >= 11 is 5.88. The SMILES string of the molecule is CC(C)(C)C(Cn1ccnc1)NC(=O)c1ccc(COc2ccc(Cl)cc2)cc1. The number of amides is 1. The predicted octanol–water partition coefficient (Wildman–Crippen LogP) is 4.96. The number of carbonyl (C=O) groups excluding carboxylic acids is 1. The normalized spacial score (nSPS) is 12.4. The van der Waals surface area contributed by atoms with E-state index < -0.39 is 0 Å². The van der Waals surface area contributed by atoms with Gasteiger partial charge in [0.25, 0.3) is 5.91 Å². The van der Waals surface area contributed by atoms with E-state index in [0.717, 1.165) is 11.3 Å². The zero-order valence-electron chi connectivity index (χ0n) is 16.9. The van der Waals surface area contributed by atoms with Crippen LogP contribution in [0.25, 0.3) is 0 Å². The maximum absolute atomic E-state index is 12.8. The lowest BCUT2D eigenvalue weighted by Crippen LogP contribution is -2.46. The van der Waals surface area contributed by atoms with Crippen LogP contribution in [0.3, 0.4) is 0 Å². The van der Waals surface area contributed by atoms with Crippen LogP contribution >= 0.6 is 11.6 Å². The van der Waals surface area contributed by atoms with Crippen LogP contribution in [0.4, 0.5) is 0 Å². The van der Waals surface area contributed by atoms with Crippen molar-refractivity contribution >= 4 is 17.5 Å². The third-order valence-electron chi connectivity index (χ3n) is 4.74. The van der Waals surface area contributed by atoms with Crippen molar-refractivity contribution in [2.45, 2.75) is 40.0 Å². The molecular weight excluding hydrogens is 386 g/mol. The highest BCUT2D eigenvalue weighted by Gasteiger charge is 2.27. The largest absolute Gasteiger partial charge is 0.489 e. The Morgan fingerprint density at radius 3 is 2.41 bits per heavy atom. The van der Waals surface area contributed by atoms with Gasteiger partial charge >= 0.3 is 0 Å². The van der Waals surface area contributed by atoms with Gasteiger partial charge in [0.05, 0.1) is 12.4 Å². The van der Waals surface area contributed by atoms with Crippen molar-refractivity contribution in [1.82, 2.24) is 14.9 Å². The van der Waals surface area contributed by atoms with Gasteiger partial charge in [0.1, 0.15) is 12.4 Å². The average molecular weight is 412 g/mol. The molecular formula is C23H26ClN3O2. The first-order valence-corrected chi connectivity index (χ1v) is 9.93. The molecule has 5 nitrogen and oxygen atoms in total. The number of hydrogen-bond acceptors (Lipinski definition) is 3. The van der Waals surface area contributed by atoms with E-state index in [2.05, 4.69) is 31.1 Å². The van der Waals surface area contributed by atoms with E-state index in [-0.39, 0.29) is 17.4 Å². The van der Waals surface area contributed by atoms with Crippen LogP contribution in [0.5, 0.6) is 5.75 Å². The van der Waals surface area contributed by atoms with E-state index in [1.165, 1.54) is 0 Å². The third kappa shape index (κ3) is 6.09. The van der Waals surface area contributed by atoms with Gasteiger partial charge in [-0.2, -0.15) is 0 Å². The molecule has 1 heterocycles. The highest BCUT2D eigenvalue weighted by atomic mass is 35.5. The van der Waals surface area contributed by atoms with Crippen LogP contribution in [0.2, 0.25) is 5.02 Å². The maximum atomic E-state index is 12.8. The number of imidazole rings is 1. The highest BCUT2D eigenvalue weighted by molar-refractivity contribution is 6.30. The zero-order valence-corrected chi connectivity index (χ0v) is 17.7. The molecule has 6 heteroatoms. The van der Waals surface area contributed by atoms with Crippen LogP contribution in [0, 0.1) is 5.41 Å². The van der Waals surface area contributed by atoms with Crippen molar-refractivity contribution in [1.29, 1.82) is 0 Å². The Labute approximate surface area is 176 Å².